The van der Waals surface area contributed by atoms with Gasteiger partial charge in [0.25, 0.3) is 5.56 Å². The minimum Gasteiger partial charge on any atom is -0.493 e. The van der Waals surface area contributed by atoms with E-state index in [1.807, 2.05) is 36.4 Å². The summed E-state index contributed by atoms with van der Waals surface area (Å²) in [6, 6.07) is 13.2. The minimum atomic E-state index is -0.435. The van der Waals surface area contributed by atoms with Gasteiger partial charge in [0.05, 0.1) is 13.3 Å². The Morgan fingerprint density at radius 1 is 1.30 bits per heavy atom. The van der Waals surface area contributed by atoms with Gasteiger partial charge in [-0.2, -0.15) is 14.9 Å². The van der Waals surface area contributed by atoms with Crippen LogP contribution in [0.25, 0.3) is 0 Å². The average molecular weight is 447 g/mol. The number of aromatic nitrogens is 3. The molecule has 3 aromatic rings. The monoisotopic (exact) mass is 446 g/mol. The molecule has 0 aliphatic rings. The molecule has 1 heterocycles. The zero-order chi connectivity index (χ0) is 19.2. The standard InChI is InChI=1S/C18H15BrN4O3S/c1-25-15-4-2-3-13(9-21-23-16(24)10-20-22-18(23)27)17(15)26-11-12-5-7-14(19)8-6-12/h2-10H,11H2,1H3,(H,22,27)/b21-9-. The molecule has 0 radical (unpaired) electrons. The van der Waals surface area contributed by atoms with Crippen LogP contribution in [-0.4, -0.2) is 28.2 Å². The Balaban J connectivity index is 1.91. The highest BCUT2D eigenvalue weighted by molar-refractivity contribution is 9.10. The van der Waals surface area contributed by atoms with Crippen LogP contribution in [0.5, 0.6) is 11.5 Å². The summed E-state index contributed by atoms with van der Waals surface area (Å²) in [5.74, 6) is 1.08. The van der Waals surface area contributed by atoms with E-state index in [0.29, 0.717) is 23.7 Å². The summed E-state index contributed by atoms with van der Waals surface area (Å²) in [5.41, 5.74) is 1.21. The number of halogens is 1. The van der Waals surface area contributed by atoms with Crippen molar-refractivity contribution in [1.29, 1.82) is 0 Å². The Bertz CT molecular complexity index is 1050. The number of benzene rings is 2. The van der Waals surface area contributed by atoms with Crippen LogP contribution in [0.4, 0.5) is 0 Å². The first-order valence-electron chi connectivity index (χ1n) is 7.84. The van der Waals surface area contributed by atoms with Crippen molar-refractivity contribution in [3.05, 3.63) is 79.4 Å². The number of ether oxygens (including phenoxy) is 2. The lowest BCUT2D eigenvalue weighted by molar-refractivity contribution is 0.284. The van der Waals surface area contributed by atoms with E-state index in [2.05, 4.69) is 31.2 Å². The van der Waals surface area contributed by atoms with Gasteiger partial charge in [-0.15, -0.1) is 0 Å². The van der Waals surface area contributed by atoms with Crippen LogP contribution in [0.2, 0.25) is 0 Å². The summed E-state index contributed by atoms with van der Waals surface area (Å²) < 4.78 is 13.5. The van der Waals surface area contributed by atoms with Gasteiger partial charge in [-0.25, -0.2) is 0 Å². The van der Waals surface area contributed by atoms with Crippen molar-refractivity contribution in [2.24, 2.45) is 5.10 Å². The number of hydrogen-bond donors (Lipinski definition) is 1. The van der Waals surface area contributed by atoms with Gasteiger partial charge in [0.15, 0.2) is 11.5 Å². The van der Waals surface area contributed by atoms with Gasteiger partial charge in [-0.3, -0.25) is 9.89 Å². The molecule has 0 spiro atoms. The summed E-state index contributed by atoms with van der Waals surface area (Å²) in [4.78, 5) is 11.8. The topological polar surface area (TPSA) is 81.5 Å². The summed E-state index contributed by atoms with van der Waals surface area (Å²) >= 11 is 8.44. The van der Waals surface area contributed by atoms with Crippen LogP contribution in [-0.2, 0) is 6.61 Å². The van der Waals surface area contributed by atoms with Crippen LogP contribution in [0.1, 0.15) is 11.1 Å². The van der Waals surface area contributed by atoms with Gasteiger partial charge in [0.2, 0.25) is 4.77 Å². The highest BCUT2D eigenvalue weighted by atomic mass is 79.9. The quantitative estimate of drug-likeness (QED) is 0.462. The van der Waals surface area contributed by atoms with Crippen molar-refractivity contribution in [1.82, 2.24) is 14.9 Å². The van der Waals surface area contributed by atoms with Crippen molar-refractivity contribution in [3.8, 4) is 11.5 Å². The van der Waals surface area contributed by atoms with Crippen molar-refractivity contribution in [2.75, 3.05) is 7.11 Å². The molecule has 7 nitrogen and oxygen atoms in total. The number of H-pyrrole nitrogens is 1. The smallest absolute Gasteiger partial charge is 0.293 e. The Labute approximate surface area is 168 Å². The second-order valence-corrected chi connectivity index (χ2v) is 6.67. The van der Waals surface area contributed by atoms with E-state index in [1.54, 1.807) is 13.2 Å². The van der Waals surface area contributed by atoms with Crippen molar-refractivity contribution >= 4 is 34.4 Å². The molecule has 138 valence electrons. The molecule has 1 N–H and O–H groups in total. The molecular weight excluding hydrogens is 432 g/mol. The normalized spacial score (nSPS) is 10.9. The Hall–Kier alpha value is -2.78. The number of methoxy groups -OCH3 is 1. The van der Waals surface area contributed by atoms with Gasteiger partial charge in [-0.05, 0) is 42.0 Å². The molecule has 0 unspecified atom stereocenters. The van der Waals surface area contributed by atoms with Gasteiger partial charge in [0.1, 0.15) is 12.8 Å². The van der Waals surface area contributed by atoms with E-state index in [9.17, 15) is 4.79 Å². The van der Waals surface area contributed by atoms with Crippen molar-refractivity contribution in [3.63, 3.8) is 0 Å². The first-order valence-corrected chi connectivity index (χ1v) is 9.04. The predicted molar refractivity (Wildman–Crippen MR) is 108 cm³/mol. The average Bonchev–Trinajstić information content (AvgIpc) is 2.67. The number of rotatable bonds is 6. The molecular formula is C18H15BrN4O3S. The lowest BCUT2D eigenvalue weighted by Crippen LogP contribution is -2.18. The number of nitrogens with zero attached hydrogens (tertiary/aromatic N) is 3. The first-order chi connectivity index (χ1) is 13.1. The fourth-order valence-corrected chi connectivity index (χ4v) is 2.71. The van der Waals surface area contributed by atoms with E-state index in [1.165, 1.54) is 6.21 Å². The van der Waals surface area contributed by atoms with Crippen LogP contribution in [0.15, 0.2) is 63.0 Å². The summed E-state index contributed by atoms with van der Waals surface area (Å²) in [6.45, 7) is 0.351. The van der Waals surface area contributed by atoms with Gasteiger partial charge in [0, 0.05) is 10.0 Å². The molecule has 0 bridgehead atoms. The van der Waals surface area contributed by atoms with Gasteiger partial charge >= 0.3 is 0 Å². The third-order valence-corrected chi connectivity index (χ3v) is 4.37. The Morgan fingerprint density at radius 2 is 2.07 bits per heavy atom. The molecule has 27 heavy (non-hydrogen) atoms. The van der Waals surface area contributed by atoms with E-state index in [4.69, 9.17) is 21.7 Å². The van der Waals surface area contributed by atoms with Crippen LogP contribution < -0.4 is 15.0 Å². The molecule has 0 aliphatic carbocycles. The first kappa shape index (κ1) is 19.0. The van der Waals surface area contributed by atoms with E-state index in [0.717, 1.165) is 20.9 Å². The van der Waals surface area contributed by atoms with E-state index >= 15 is 0 Å². The molecule has 0 atom stereocenters. The molecule has 0 fully saturated rings. The molecule has 0 saturated heterocycles. The van der Waals surface area contributed by atoms with E-state index < -0.39 is 5.56 Å². The molecule has 0 amide bonds. The Morgan fingerprint density at radius 3 is 2.78 bits per heavy atom. The van der Waals surface area contributed by atoms with Crippen LogP contribution in [0, 0.1) is 4.77 Å². The second kappa shape index (κ2) is 8.74. The third kappa shape index (κ3) is 4.69. The molecule has 9 heteroatoms. The van der Waals surface area contributed by atoms with Crippen LogP contribution >= 0.6 is 28.1 Å². The summed E-state index contributed by atoms with van der Waals surface area (Å²) in [6.07, 6.45) is 2.59. The number of aromatic amines is 1. The summed E-state index contributed by atoms with van der Waals surface area (Å²) in [7, 11) is 1.56. The molecule has 3 rings (SSSR count). The van der Waals surface area contributed by atoms with Crippen LogP contribution in [0.3, 0.4) is 0 Å². The lowest BCUT2D eigenvalue weighted by atomic mass is 10.2. The highest BCUT2D eigenvalue weighted by Crippen LogP contribution is 2.31. The largest absolute Gasteiger partial charge is 0.493 e. The maximum atomic E-state index is 11.8. The number of para-hydroxylation sites is 1. The lowest BCUT2D eigenvalue weighted by Gasteiger charge is -2.13. The molecule has 1 aromatic heterocycles. The predicted octanol–water partition coefficient (Wildman–Crippen LogP) is 3.53. The van der Waals surface area contributed by atoms with Crippen molar-refractivity contribution < 1.29 is 9.47 Å². The minimum absolute atomic E-state index is 0.0963. The van der Waals surface area contributed by atoms with Gasteiger partial charge < -0.3 is 9.47 Å². The maximum Gasteiger partial charge on any atom is 0.293 e. The fraction of sp³-hybridized carbons (Fsp3) is 0.111. The zero-order valence-corrected chi connectivity index (χ0v) is 16.7. The second-order valence-electron chi connectivity index (χ2n) is 5.36. The Kier molecular flexibility index (Phi) is 6.15. The number of nitrogens with one attached hydrogen (secondary N) is 1. The maximum absolute atomic E-state index is 11.8. The number of hydrogen-bond acceptors (Lipinski definition) is 6. The third-order valence-electron chi connectivity index (χ3n) is 3.57. The SMILES string of the molecule is COc1cccc(/C=N\n2c(=O)cn[nH]c2=S)c1OCc1ccc(Br)cc1. The molecule has 0 saturated carbocycles. The summed E-state index contributed by atoms with van der Waals surface area (Å²) in [5, 5.41) is 10.3. The zero-order valence-electron chi connectivity index (χ0n) is 14.3. The van der Waals surface area contributed by atoms with E-state index in [-0.39, 0.29) is 4.77 Å². The molecule has 0 aliphatic heterocycles. The molecule has 2 aromatic carbocycles. The fourth-order valence-electron chi connectivity index (χ4n) is 2.26. The van der Waals surface area contributed by atoms with Gasteiger partial charge in [-0.1, -0.05) is 34.1 Å². The highest BCUT2D eigenvalue weighted by Gasteiger charge is 2.10. The van der Waals surface area contributed by atoms with Crippen molar-refractivity contribution in [2.45, 2.75) is 6.61 Å².